The molecule has 0 fully saturated rings. The Hall–Kier alpha value is -1.59. The summed E-state index contributed by atoms with van der Waals surface area (Å²) in [7, 11) is 1.64. The lowest BCUT2D eigenvalue weighted by Gasteiger charge is -2.15. The Bertz CT molecular complexity index is 214. The normalized spacial score (nSPS) is 9.30. The number of nitrogens with one attached hydrogen (secondary N) is 1. The number of aromatic nitrogens is 3. The van der Waals surface area contributed by atoms with E-state index in [-0.39, 0.29) is 5.96 Å². The fourth-order valence-corrected chi connectivity index (χ4v) is 0.475. The van der Waals surface area contributed by atoms with Gasteiger partial charge in [0, 0.05) is 7.05 Å². The summed E-state index contributed by atoms with van der Waals surface area (Å²) in [4.78, 5) is 0. The molecule has 1 heterocycles. The van der Waals surface area contributed by atoms with E-state index in [9.17, 15) is 0 Å². The van der Waals surface area contributed by atoms with Gasteiger partial charge in [-0.2, -0.15) is 0 Å². The van der Waals surface area contributed by atoms with Gasteiger partial charge in [-0.25, -0.2) is 4.68 Å². The molecule has 10 heavy (non-hydrogen) atoms. The van der Waals surface area contributed by atoms with Crippen molar-refractivity contribution < 1.29 is 0 Å². The van der Waals surface area contributed by atoms with Gasteiger partial charge in [-0.3, -0.25) is 10.4 Å². The summed E-state index contributed by atoms with van der Waals surface area (Å²) in [5, 5.41) is 15.5. The van der Waals surface area contributed by atoms with E-state index in [1.807, 2.05) is 0 Å². The van der Waals surface area contributed by atoms with E-state index in [2.05, 4.69) is 10.2 Å². The number of nitrogens with zero attached hydrogens (tertiary/aromatic N) is 4. The standard InChI is InChI=1S/C4H8N6/c1-9(4(5)6)10-2-7-8-3-10/h2-3H,1H3,(H3,5,6). The Morgan fingerprint density at radius 1 is 1.60 bits per heavy atom. The average Bonchev–Trinajstić information content (AvgIpc) is 2.36. The van der Waals surface area contributed by atoms with Gasteiger partial charge in [0.05, 0.1) is 0 Å². The molecule has 0 radical (unpaired) electrons. The van der Waals surface area contributed by atoms with Crippen molar-refractivity contribution in [3.05, 3.63) is 12.7 Å². The molecule has 0 aromatic carbocycles. The molecule has 0 amide bonds. The third-order valence-corrected chi connectivity index (χ3v) is 1.10. The highest BCUT2D eigenvalue weighted by atomic mass is 15.6. The number of rotatable bonds is 1. The Labute approximate surface area is 57.7 Å². The smallest absolute Gasteiger partial charge is 0.207 e. The van der Waals surface area contributed by atoms with E-state index >= 15 is 0 Å². The minimum atomic E-state index is -0.0557. The minimum Gasteiger partial charge on any atom is -0.369 e. The molecule has 1 aromatic rings. The first-order valence-electron chi connectivity index (χ1n) is 2.64. The van der Waals surface area contributed by atoms with Gasteiger partial charge in [-0.1, -0.05) is 0 Å². The Morgan fingerprint density at radius 3 is 2.50 bits per heavy atom. The fraction of sp³-hybridized carbons (Fsp3) is 0.250. The highest BCUT2D eigenvalue weighted by Crippen LogP contribution is 1.81. The van der Waals surface area contributed by atoms with E-state index < -0.39 is 0 Å². The van der Waals surface area contributed by atoms with Gasteiger partial charge in [0.25, 0.3) is 0 Å². The molecule has 0 unspecified atom stereocenters. The van der Waals surface area contributed by atoms with Crippen LogP contribution in [0.3, 0.4) is 0 Å². The van der Waals surface area contributed by atoms with Crippen LogP contribution >= 0.6 is 0 Å². The van der Waals surface area contributed by atoms with Crippen LogP contribution in [0.25, 0.3) is 0 Å². The topological polar surface area (TPSA) is 83.8 Å². The van der Waals surface area contributed by atoms with Crippen LogP contribution in [0.4, 0.5) is 0 Å². The first-order valence-corrected chi connectivity index (χ1v) is 2.64. The van der Waals surface area contributed by atoms with Gasteiger partial charge in [0.15, 0.2) is 0 Å². The summed E-state index contributed by atoms with van der Waals surface area (Å²) in [6.07, 6.45) is 2.92. The van der Waals surface area contributed by atoms with Crippen molar-refractivity contribution in [3.63, 3.8) is 0 Å². The van der Waals surface area contributed by atoms with Crippen molar-refractivity contribution in [2.45, 2.75) is 0 Å². The maximum absolute atomic E-state index is 7.00. The number of guanidine groups is 1. The molecule has 1 aromatic heterocycles. The van der Waals surface area contributed by atoms with Crippen molar-refractivity contribution >= 4 is 5.96 Å². The van der Waals surface area contributed by atoms with Crippen LogP contribution in [0.15, 0.2) is 12.7 Å². The molecule has 0 atom stereocenters. The lowest BCUT2D eigenvalue weighted by atomic mass is 10.9. The van der Waals surface area contributed by atoms with Crippen molar-refractivity contribution in [2.75, 3.05) is 12.1 Å². The monoisotopic (exact) mass is 140 g/mol. The number of hydrogen-bond donors (Lipinski definition) is 2. The number of hydrogen-bond acceptors (Lipinski definition) is 3. The Kier molecular flexibility index (Phi) is 1.53. The predicted octanol–water partition coefficient (Wildman–Crippen LogP) is -1.26. The van der Waals surface area contributed by atoms with Crippen LogP contribution in [-0.4, -0.2) is 27.9 Å². The molecule has 0 spiro atoms. The van der Waals surface area contributed by atoms with Gasteiger partial charge >= 0.3 is 0 Å². The van der Waals surface area contributed by atoms with E-state index in [1.165, 1.54) is 22.3 Å². The molecular formula is C4H8N6. The van der Waals surface area contributed by atoms with Crippen molar-refractivity contribution in [3.8, 4) is 0 Å². The second-order valence-corrected chi connectivity index (χ2v) is 1.75. The summed E-state index contributed by atoms with van der Waals surface area (Å²) >= 11 is 0. The molecule has 1 rings (SSSR count). The van der Waals surface area contributed by atoms with Gasteiger partial charge < -0.3 is 5.73 Å². The van der Waals surface area contributed by atoms with Crippen molar-refractivity contribution in [1.29, 1.82) is 5.41 Å². The van der Waals surface area contributed by atoms with Crippen LogP contribution in [0.2, 0.25) is 0 Å². The van der Waals surface area contributed by atoms with Crippen LogP contribution in [-0.2, 0) is 0 Å². The van der Waals surface area contributed by atoms with Crippen LogP contribution in [0.1, 0.15) is 0 Å². The molecule has 6 heteroatoms. The molecule has 3 N–H and O–H groups in total. The van der Waals surface area contributed by atoms with Crippen LogP contribution in [0.5, 0.6) is 0 Å². The van der Waals surface area contributed by atoms with Gasteiger partial charge in [0.1, 0.15) is 12.7 Å². The lowest BCUT2D eigenvalue weighted by Crippen LogP contribution is -2.40. The first kappa shape index (κ1) is 6.53. The zero-order valence-corrected chi connectivity index (χ0v) is 5.52. The van der Waals surface area contributed by atoms with Crippen molar-refractivity contribution in [1.82, 2.24) is 14.9 Å². The number of nitrogens with two attached hydrogens (primary N) is 1. The Morgan fingerprint density at radius 2 is 2.10 bits per heavy atom. The summed E-state index contributed by atoms with van der Waals surface area (Å²) in [5.41, 5.74) is 5.16. The molecule has 0 aliphatic heterocycles. The van der Waals surface area contributed by atoms with Crippen LogP contribution in [0, 0.1) is 5.41 Å². The van der Waals surface area contributed by atoms with Crippen LogP contribution < -0.4 is 10.7 Å². The molecule has 54 valence electrons. The quantitative estimate of drug-likeness (QED) is 0.376. The summed E-state index contributed by atoms with van der Waals surface area (Å²) in [6.45, 7) is 0. The van der Waals surface area contributed by atoms with Gasteiger partial charge in [-0.05, 0) is 0 Å². The molecular weight excluding hydrogens is 132 g/mol. The summed E-state index contributed by atoms with van der Waals surface area (Å²) in [5.74, 6) is -0.0557. The largest absolute Gasteiger partial charge is 0.369 e. The molecule has 0 bridgehead atoms. The van der Waals surface area contributed by atoms with Gasteiger partial charge in [-0.15, -0.1) is 10.2 Å². The zero-order valence-electron chi connectivity index (χ0n) is 5.52. The lowest BCUT2D eigenvalue weighted by molar-refractivity contribution is 0.783. The zero-order chi connectivity index (χ0) is 7.56. The third-order valence-electron chi connectivity index (χ3n) is 1.10. The molecule has 0 saturated carbocycles. The van der Waals surface area contributed by atoms with E-state index in [4.69, 9.17) is 11.1 Å². The third kappa shape index (κ3) is 1.04. The Balaban J connectivity index is 2.77. The summed E-state index contributed by atoms with van der Waals surface area (Å²) in [6, 6.07) is 0. The maximum Gasteiger partial charge on any atom is 0.207 e. The molecule has 6 nitrogen and oxygen atoms in total. The highest BCUT2D eigenvalue weighted by Gasteiger charge is 1.99. The second-order valence-electron chi connectivity index (χ2n) is 1.75. The van der Waals surface area contributed by atoms with E-state index in [0.717, 1.165) is 0 Å². The highest BCUT2D eigenvalue weighted by molar-refractivity contribution is 5.83. The minimum absolute atomic E-state index is 0.0557. The fourth-order valence-electron chi connectivity index (χ4n) is 0.475. The average molecular weight is 140 g/mol. The molecule has 0 aliphatic rings. The molecule has 0 aliphatic carbocycles. The maximum atomic E-state index is 7.00. The van der Waals surface area contributed by atoms with Crippen molar-refractivity contribution in [2.24, 2.45) is 5.73 Å². The predicted molar refractivity (Wildman–Crippen MR) is 36.1 cm³/mol. The SMILES string of the molecule is CN(C(=N)N)n1cnnc1. The van der Waals surface area contributed by atoms with E-state index in [1.54, 1.807) is 7.05 Å². The van der Waals surface area contributed by atoms with E-state index in [0.29, 0.717) is 0 Å². The summed E-state index contributed by atoms with van der Waals surface area (Å²) < 4.78 is 1.50. The second kappa shape index (κ2) is 2.34. The van der Waals surface area contributed by atoms with Gasteiger partial charge in [0.2, 0.25) is 5.96 Å². The molecule has 0 saturated heterocycles. The first-order chi connectivity index (χ1) is 4.72.